The van der Waals surface area contributed by atoms with Gasteiger partial charge in [-0.05, 0) is 30.3 Å². The Morgan fingerprint density at radius 2 is 1.90 bits per heavy atom. The number of halogens is 1. The minimum absolute atomic E-state index is 0.0530. The number of ether oxygens (including phenoxy) is 1. The van der Waals surface area contributed by atoms with E-state index < -0.39 is 28.7 Å². The lowest BCUT2D eigenvalue weighted by Crippen LogP contribution is -2.58. The zero-order valence-corrected chi connectivity index (χ0v) is 15.6. The van der Waals surface area contributed by atoms with Gasteiger partial charge in [-0.1, -0.05) is 11.6 Å². The molecule has 0 unspecified atom stereocenters. The Kier molecular flexibility index (Phi) is 5.55. The molecule has 2 aromatic carbocycles. The molecule has 148 valence electrons. The Labute approximate surface area is 168 Å². The van der Waals surface area contributed by atoms with Crippen LogP contribution in [0.3, 0.4) is 0 Å². The first-order chi connectivity index (χ1) is 13.8. The zero-order valence-electron chi connectivity index (χ0n) is 14.9. The van der Waals surface area contributed by atoms with E-state index in [0.29, 0.717) is 5.02 Å². The molecule has 10 nitrogen and oxygen atoms in total. The van der Waals surface area contributed by atoms with Crippen molar-refractivity contribution in [1.29, 1.82) is 0 Å². The molecule has 2 aromatic rings. The van der Waals surface area contributed by atoms with Gasteiger partial charge in [-0.25, -0.2) is 9.69 Å². The Bertz CT molecular complexity index is 1040. The number of nitro benzene ring substituents is 1. The number of nitro groups is 1. The number of anilines is 1. The predicted molar refractivity (Wildman–Crippen MR) is 104 cm³/mol. The van der Waals surface area contributed by atoms with Crippen LogP contribution in [-0.2, 0) is 9.59 Å². The number of amides is 4. The fourth-order valence-corrected chi connectivity index (χ4v) is 2.73. The van der Waals surface area contributed by atoms with Crippen molar-refractivity contribution >= 4 is 52.7 Å². The topological polar surface area (TPSA) is 131 Å². The molecule has 4 amide bonds. The van der Waals surface area contributed by atoms with Gasteiger partial charge in [0.15, 0.2) is 5.92 Å². The van der Waals surface area contributed by atoms with Crippen molar-refractivity contribution in [1.82, 2.24) is 5.32 Å². The second-order valence-corrected chi connectivity index (χ2v) is 6.25. The van der Waals surface area contributed by atoms with Gasteiger partial charge in [-0.3, -0.25) is 30.0 Å². The van der Waals surface area contributed by atoms with Gasteiger partial charge in [-0.2, -0.15) is 0 Å². The summed E-state index contributed by atoms with van der Waals surface area (Å²) in [7, 11) is 1.35. The number of imide groups is 2. The van der Waals surface area contributed by atoms with E-state index in [0.717, 1.165) is 17.2 Å². The van der Waals surface area contributed by atoms with Gasteiger partial charge in [0.2, 0.25) is 5.91 Å². The number of non-ortho nitro benzene ring substituents is 1. The van der Waals surface area contributed by atoms with Gasteiger partial charge in [0, 0.05) is 23.4 Å². The van der Waals surface area contributed by atoms with Crippen LogP contribution in [0.2, 0.25) is 5.02 Å². The normalized spacial score (nSPS) is 16.8. The first-order valence-electron chi connectivity index (χ1n) is 8.13. The summed E-state index contributed by atoms with van der Waals surface area (Å²) >= 11 is 5.82. The molecular weight excluding hydrogens is 404 g/mol. The molecule has 0 radical (unpaired) electrons. The number of barbiturate groups is 1. The van der Waals surface area contributed by atoms with E-state index in [4.69, 9.17) is 16.3 Å². The average molecular weight is 417 g/mol. The first-order valence-corrected chi connectivity index (χ1v) is 8.50. The van der Waals surface area contributed by atoms with Crippen LogP contribution in [-0.4, -0.2) is 36.1 Å². The molecule has 0 bridgehead atoms. The number of carbonyl (C=O) groups is 3. The van der Waals surface area contributed by atoms with E-state index in [1.807, 2.05) is 0 Å². The highest BCUT2D eigenvalue weighted by molar-refractivity contribution is 6.33. The number of urea groups is 1. The van der Waals surface area contributed by atoms with Crippen LogP contribution in [0.4, 0.5) is 21.9 Å². The van der Waals surface area contributed by atoms with E-state index >= 15 is 0 Å². The van der Waals surface area contributed by atoms with Crippen molar-refractivity contribution in [2.75, 3.05) is 12.0 Å². The molecule has 29 heavy (non-hydrogen) atoms. The molecular formula is C18H13ClN4O6. The van der Waals surface area contributed by atoms with E-state index in [1.54, 1.807) is 0 Å². The van der Waals surface area contributed by atoms with E-state index in [9.17, 15) is 24.5 Å². The van der Waals surface area contributed by atoms with Crippen molar-refractivity contribution in [2.45, 2.75) is 0 Å². The van der Waals surface area contributed by atoms with Gasteiger partial charge >= 0.3 is 6.03 Å². The lowest BCUT2D eigenvalue weighted by molar-refractivity contribution is -0.384. The highest BCUT2D eigenvalue weighted by Gasteiger charge is 2.40. The highest BCUT2D eigenvalue weighted by Crippen LogP contribution is 2.31. The lowest BCUT2D eigenvalue weighted by atomic mass is 10.1. The number of hydrogen-bond donors (Lipinski definition) is 1. The highest BCUT2D eigenvalue weighted by atomic mass is 35.5. The molecule has 3 rings (SSSR count). The number of methoxy groups -OCH3 is 1. The van der Waals surface area contributed by atoms with Gasteiger partial charge < -0.3 is 4.74 Å². The molecule has 0 spiro atoms. The summed E-state index contributed by atoms with van der Waals surface area (Å²) in [6.07, 6.45) is 1.01. The van der Waals surface area contributed by atoms with Crippen LogP contribution in [0.1, 0.15) is 0 Å². The van der Waals surface area contributed by atoms with Crippen LogP contribution >= 0.6 is 11.6 Å². The number of rotatable bonds is 5. The summed E-state index contributed by atoms with van der Waals surface area (Å²) in [6, 6.07) is 8.70. The van der Waals surface area contributed by atoms with Crippen molar-refractivity contribution < 1.29 is 24.0 Å². The van der Waals surface area contributed by atoms with E-state index in [2.05, 4.69) is 10.3 Å². The number of nitrogens with zero attached hydrogens (tertiary/aromatic N) is 3. The molecule has 0 saturated carbocycles. The first kappa shape index (κ1) is 20.0. The van der Waals surface area contributed by atoms with Crippen LogP contribution in [0, 0.1) is 16.0 Å². The summed E-state index contributed by atoms with van der Waals surface area (Å²) < 4.78 is 5.09. The third-order valence-corrected chi connectivity index (χ3v) is 4.27. The molecule has 1 N–H and O–H groups in total. The van der Waals surface area contributed by atoms with Gasteiger partial charge in [0.25, 0.3) is 11.6 Å². The number of benzene rings is 2. The van der Waals surface area contributed by atoms with Gasteiger partial charge in [0.1, 0.15) is 11.4 Å². The Morgan fingerprint density at radius 1 is 1.21 bits per heavy atom. The summed E-state index contributed by atoms with van der Waals surface area (Å²) in [5, 5.41) is 13.5. The molecule has 1 saturated heterocycles. The molecule has 1 aliphatic rings. The number of aliphatic imine (C=N–C) groups is 1. The molecule has 1 fully saturated rings. The van der Waals surface area contributed by atoms with Crippen molar-refractivity contribution in [2.24, 2.45) is 10.9 Å². The third kappa shape index (κ3) is 4.06. The number of hydrogen-bond acceptors (Lipinski definition) is 7. The molecule has 0 aromatic heterocycles. The Balaban J connectivity index is 1.93. The van der Waals surface area contributed by atoms with Crippen molar-refractivity contribution in [3.8, 4) is 5.75 Å². The predicted octanol–water partition coefficient (Wildman–Crippen LogP) is 2.86. The van der Waals surface area contributed by atoms with Crippen LogP contribution in [0.5, 0.6) is 5.75 Å². The van der Waals surface area contributed by atoms with Crippen LogP contribution in [0.25, 0.3) is 0 Å². The fraction of sp³-hybridized carbons (Fsp3) is 0.111. The SMILES string of the molecule is COc1ccc([N+](=O)[O-])cc1N=C[C@@H]1C(=O)NC(=O)N(c2ccc(Cl)cc2)C1=O. The van der Waals surface area contributed by atoms with Crippen LogP contribution in [0.15, 0.2) is 47.5 Å². The molecule has 1 heterocycles. The minimum atomic E-state index is -1.42. The fourth-order valence-electron chi connectivity index (χ4n) is 2.60. The number of nitrogens with one attached hydrogen (secondary N) is 1. The summed E-state index contributed by atoms with van der Waals surface area (Å²) in [6.45, 7) is 0. The molecule has 0 aliphatic carbocycles. The van der Waals surface area contributed by atoms with E-state index in [1.165, 1.54) is 43.5 Å². The maximum Gasteiger partial charge on any atom is 0.335 e. The maximum absolute atomic E-state index is 12.8. The average Bonchev–Trinajstić information content (AvgIpc) is 2.68. The molecule has 1 atom stereocenters. The van der Waals surface area contributed by atoms with Crippen molar-refractivity contribution in [3.63, 3.8) is 0 Å². The summed E-state index contributed by atoms with van der Waals surface area (Å²) in [5.74, 6) is -2.90. The smallest absolute Gasteiger partial charge is 0.335 e. The Morgan fingerprint density at radius 3 is 2.52 bits per heavy atom. The summed E-state index contributed by atoms with van der Waals surface area (Å²) in [4.78, 5) is 52.2. The molecule has 11 heteroatoms. The second-order valence-electron chi connectivity index (χ2n) is 5.81. The third-order valence-electron chi connectivity index (χ3n) is 4.02. The number of carbonyl (C=O) groups excluding carboxylic acids is 3. The molecule has 1 aliphatic heterocycles. The van der Waals surface area contributed by atoms with Crippen LogP contribution < -0.4 is 15.0 Å². The minimum Gasteiger partial charge on any atom is -0.494 e. The van der Waals surface area contributed by atoms with Crippen molar-refractivity contribution in [3.05, 3.63) is 57.6 Å². The maximum atomic E-state index is 12.8. The Hall–Kier alpha value is -3.79. The quantitative estimate of drug-likeness (QED) is 0.345. The second kappa shape index (κ2) is 8.07. The van der Waals surface area contributed by atoms with E-state index in [-0.39, 0.29) is 22.8 Å². The monoisotopic (exact) mass is 416 g/mol. The van der Waals surface area contributed by atoms with Gasteiger partial charge in [-0.15, -0.1) is 0 Å². The zero-order chi connectivity index (χ0) is 21.1. The largest absolute Gasteiger partial charge is 0.494 e. The van der Waals surface area contributed by atoms with Gasteiger partial charge in [0.05, 0.1) is 17.7 Å². The lowest BCUT2D eigenvalue weighted by Gasteiger charge is -2.28. The summed E-state index contributed by atoms with van der Waals surface area (Å²) in [5.41, 5.74) is 0.0308. The standard InChI is InChI=1S/C18H13ClN4O6/c1-29-15-7-6-12(23(27)28)8-14(15)20-9-13-16(24)21-18(26)22(17(13)25)11-4-2-10(19)3-5-11/h2-9,13H,1H3,(H,21,24,26)/t13-/m1/s1.